The fraction of sp³-hybridized carbons (Fsp3) is 0.409. The van der Waals surface area contributed by atoms with Crippen molar-refractivity contribution in [1.29, 1.82) is 0 Å². The number of rotatable bonds is 3. The van der Waals surface area contributed by atoms with Gasteiger partial charge in [0.15, 0.2) is 0 Å². The Bertz CT molecular complexity index is 812. The Morgan fingerprint density at radius 2 is 1.69 bits per heavy atom. The van der Waals surface area contributed by atoms with Crippen molar-refractivity contribution in [2.75, 3.05) is 19.7 Å². The van der Waals surface area contributed by atoms with Gasteiger partial charge in [-0.05, 0) is 41.5 Å². The Morgan fingerprint density at radius 1 is 1.08 bits per heavy atom. The summed E-state index contributed by atoms with van der Waals surface area (Å²) >= 11 is 0. The third kappa shape index (κ3) is 2.52. The maximum absolute atomic E-state index is 12.5. The molecule has 0 bridgehead atoms. The van der Waals surface area contributed by atoms with Crippen LogP contribution in [0, 0.1) is 5.92 Å². The van der Waals surface area contributed by atoms with Crippen molar-refractivity contribution in [3.63, 3.8) is 0 Å². The van der Waals surface area contributed by atoms with Crippen molar-refractivity contribution in [1.82, 2.24) is 4.90 Å². The second-order valence-electron chi connectivity index (χ2n) is 7.84. The molecule has 1 heterocycles. The van der Waals surface area contributed by atoms with Crippen molar-refractivity contribution in [3.8, 4) is 11.1 Å². The summed E-state index contributed by atoms with van der Waals surface area (Å²) in [7, 11) is 0. The van der Waals surface area contributed by atoms with Gasteiger partial charge in [-0.1, -0.05) is 48.5 Å². The highest BCUT2D eigenvalue weighted by Gasteiger charge is 2.50. The fourth-order valence-electron chi connectivity index (χ4n) is 4.59. The Hall–Kier alpha value is -2.33. The molecule has 1 N–H and O–H groups in total. The van der Waals surface area contributed by atoms with Gasteiger partial charge in [0.05, 0.1) is 5.60 Å². The molecule has 1 aliphatic heterocycles. The molecule has 2 aliphatic carbocycles. The number of carbonyl (C=O) groups is 1. The first-order valence-electron chi connectivity index (χ1n) is 9.48. The molecule has 134 valence electrons. The van der Waals surface area contributed by atoms with Gasteiger partial charge < -0.3 is 14.7 Å². The molecule has 2 aromatic carbocycles. The predicted molar refractivity (Wildman–Crippen MR) is 98.9 cm³/mol. The molecule has 5 rings (SSSR count). The largest absolute Gasteiger partial charge is 0.448 e. The molecule has 4 heteroatoms. The van der Waals surface area contributed by atoms with Crippen LogP contribution in [0.2, 0.25) is 0 Å². The van der Waals surface area contributed by atoms with Crippen LogP contribution < -0.4 is 0 Å². The summed E-state index contributed by atoms with van der Waals surface area (Å²) in [5, 5.41) is 10.3. The molecular formula is C22H23NO3. The first kappa shape index (κ1) is 15.9. The van der Waals surface area contributed by atoms with Crippen LogP contribution >= 0.6 is 0 Å². The zero-order valence-electron chi connectivity index (χ0n) is 14.7. The fourth-order valence-corrected chi connectivity index (χ4v) is 4.59. The Kier molecular flexibility index (Phi) is 3.57. The van der Waals surface area contributed by atoms with E-state index in [2.05, 4.69) is 36.4 Å². The molecule has 2 aromatic rings. The topological polar surface area (TPSA) is 49.8 Å². The monoisotopic (exact) mass is 349 g/mol. The molecule has 3 aliphatic rings. The van der Waals surface area contributed by atoms with E-state index in [0.29, 0.717) is 19.7 Å². The van der Waals surface area contributed by atoms with E-state index in [4.69, 9.17) is 4.74 Å². The number of benzene rings is 2. The minimum absolute atomic E-state index is 0.0948. The highest BCUT2D eigenvalue weighted by Crippen LogP contribution is 2.46. The minimum atomic E-state index is -0.516. The Morgan fingerprint density at radius 3 is 2.31 bits per heavy atom. The van der Waals surface area contributed by atoms with Crippen LogP contribution in [0.3, 0.4) is 0 Å². The molecule has 26 heavy (non-hydrogen) atoms. The smallest absolute Gasteiger partial charge is 0.409 e. The van der Waals surface area contributed by atoms with Crippen molar-refractivity contribution in [2.24, 2.45) is 5.92 Å². The molecule has 1 saturated carbocycles. The van der Waals surface area contributed by atoms with Crippen molar-refractivity contribution >= 4 is 6.09 Å². The predicted octanol–water partition coefficient (Wildman–Crippen LogP) is 3.78. The summed E-state index contributed by atoms with van der Waals surface area (Å²) in [5.74, 6) is 0.306. The number of amides is 1. The second-order valence-corrected chi connectivity index (χ2v) is 7.84. The van der Waals surface area contributed by atoms with Gasteiger partial charge in [0.25, 0.3) is 0 Å². The van der Waals surface area contributed by atoms with Crippen LogP contribution in [0.1, 0.15) is 36.3 Å². The molecule has 4 nitrogen and oxygen atoms in total. The lowest BCUT2D eigenvalue weighted by molar-refractivity contribution is 0.0776. The van der Waals surface area contributed by atoms with Crippen LogP contribution in [0.5, 0.6) is 0 Å². The summed E-state index contributed by atoms with van der Waals surface area (Å²) in [6.45, 7) is 1.66. The van der Waals surface area contributed by atoms with Crippen molar-refractivity contribution in [2.45, 2.75) is 30.8 Å². The summed E-state index contributed by atoms with van der Waals surface area (Å²) < 4.78 is 5.71. The third-order valence-electron chi connectivity index (χ3n) is 6.30. The lowest BCUT2D eigenvalue weighted by atomic mass is 9.98. The number of nitrogens with zero attached hydrogens (tertiary/aromatic N) is 1. The average Bonchev–Trinajstić information content (AvgIpc) is 3.11. The lowest BCUT2D eigenvalue weighted by Gasteiger charge is -2.20. The van der Waals surface area contributed by atoms with Gasteiger partial charge in [-0.3, -0.25) is 0 Å². The number of aliphatic hydroxyl groups is 1. The third-order valence-corrected chi connectivity index (χ3v) is 6.30. The van der Waals surface area contributed by atoms with Crippen LogP contribution in [0.4, 0.5) is 4.79 Å². The summed E-state index contributed by atoms with van der Waals surface area (Å²) in [5.41, 5.74) is 4.42. The number of hydrogen-bond acceptors (Lipinski definition) is 3. The number of carbonyl (C=O) groups excluding carboxylic acids is 1. The lowest BCUT2D eigenvalue weighted by Crippen LogP contribution is -2.32. The first-order valence-corrected chi connectivity index (χ1v) is 9.48. The van der Waals surface area contributed by atoms with Crippen LogP contribution in [0.25, 0.3) is 11.1 Å². The quantitative estimate of drug-likeness (QED) is 0.917. The van der Waals surface area contributed by atoms with Crippen molar-refractivity contribution in [3.05, 3.63) is 59.7 Å². The molecular weight excluding hydrogens is 326 g/mol. The van der Waals surface area contributed by atoms with E-state index in [0.717, 1.165) is 19.3 Å². The highest BCUT2D eigenvalue weighted by molar-refractivity contribution is 5.79. The van der Waals surface area contributed by atoms with Gasteiger partial charge in [0.1, 0.15) is 6.61 Å². The molecule has 0 radical (unpaired) electrons. The zero-order valence-corrected chi connectivity index (χ0v) is 14.7. The summed E-state index contributed by atoms with van der Waals surface area (Å²) in [4.78, 5) is 14.3. The number of ether oxygens (including phenoxy) is 1. The standard InChI is InChI=1S/C22H23NO3/c24-21(23-12-9-15(13-23)22(25)10-11-22)26-14-20-18-7-3-1-5-16(18)17-6-2-4-8-19(17)20/h1-8,15,20,25H,9-14H2. The van der Waals surface area contributed by atoms with E-state index < -0.39 is 5.60 Å². The van der Waals surface area contributed by atoms with Crippen LogP contribution in [-0.4, -0.2) is 41.4 Å². The molecule has 1 unspecified atom stereocenters. The molecule has 1 saturated heterocycles. The van der Waals surface area contributed by atoms with E-state index >= 15 is 0 Å². The van der Waals surface area contributed by atoms with Crippen molar-refractivity contribution < 1.29 is 14.6 Å². The van der Waals surface area contributed by atoms with Gasteiger partial charge in [0, 0.05) is 24.9 Å². The van der Waals surface area contributed by atoms with Gasteiger partial charge in [0.2, 0.25) is 0 Å². The number of hydrogen-bond donors (Lipinski definition) is 1. The number of fused-ring (bicyclic) bond motifs is 3. The number of likely N-dealkylation sites (tertiary alicyclic amines) is 1. The Balaban J connectivity index is 1.29. The maximum Gasteiger partial charge on any atom is 0.409 e. The van der Waals surface area contributed by atoms with Gasteiger partial charge in [-0.25, -0.2) is 4.79 Å². The van der Waals surface area contributed by atoms with Crippen LogP contribution in [0.15, 0.2) is 48.5 Å². The average molecular weight is 349 g/mol. The second kappa shape index (κ2) is 5.85. The SMILES string of the molecule is O=C(OCC1c2ccccc2-c2ccccc21)N1CCC(C2(O)CC2)C1. The summed E-state index contributed by atoms with van der Waals surface area (Å²) in [6, 6.07) is 16.7. The maximum atomic E-state index is 12.5. The molecule has 2 fully saturated rings. The summed E-state index contributed by atoms with van der Waals surface area (Å²) in [6.07, 6.45) is 2.37. The first-order chi connectivity index (χ1) is 12.7. The van der Waals surface area contributed by atoms with E-state index in [1.54, 1.807) is 4.90 Å². The molecule has 1 amide bonds. The minimum Gasteiger partial charge on any atom is -0.448 e. The van der Waals surface area contributed by atoms with E-state index in [-0.39, 0.29) is 17.9 Å². The van der Waals surface area contributed by atoms with Gasteiger partial charge >= 0.3 is 6.09 Å². The van der Waals surface area contributed by atoms with E-state index in [9.17, 15) is 9.90 Å². The van der Waals surface area contributed by atoms with Crippen LogP contribution in [-0.2, 0) is 4.74 Å². The molecule has 0 spiro atoms. The Labute approximate surface area is 153 Å². The van der Waals surface area contributed by atoms with E-state index in [1.165, 1.54) is 22.3 Å². The normalized spacial score (nSPS) is 22.8. The highest BCUT2D eigenvalue weighted by atomic mass is 16.6. The molecule has 0 aromatic heterocycles. The van der Waals surface area contributed by atoms with Gasteiger partial charge in [-0.2, -0.15) is 0 Å². The van der Waals surface area contributed by atoms with Gasteiger partial charge in [-0.15, -0.1) is 0 Å². The van der Waals surface area contributed by atoms with E-state index in [1.807, 2.05) is 12.1 Å². The zero-order chi connectivity index (χ0) is 17.7. The molecule has 1 atom stereocenters.